The molecule has 2 aromatic heterocycles. The Balaban J connectivity index is 1.50. The van der Waals surface area contributed by atoms with Crippen LogP contribution in [0, 0.1) is 0 Å². The molecule has 4 rings (SSSR count). The van der Waals surface area contributed by atoms with Gasteiger partial charge in [-0.3, -0.25) is 9.78 Å². The number of fused-ring (bicyclic) bond motifs is 1. The van der Waals surface area contributed by atoms with Gasteiger partial charge in [-0.2, -0.15) is 0 Å². The molecule has 1 amide bonds. The smallest absolute Gasteiger partial charge is 0.251 e. The summed E-state index contributed by atoms with van der Waals surface area (Å²) in [5, 5.41) is 14.1. The van der Waals surface area contributed by atoms with E-state index in [2.05, 4.69) is 32.1 Å². The zero-order valence-electron chi connectivity index (χ0n) is 21.4. The van der Waals surface area contributed by atoms with Gasteiger partial charge >= 0.3 is 0 Å². The SMILES string of the molecule is CN(C)CCNC(=O)c1ccc2[nH]c(O)c(-c3ccc(S(=O)(=O)CC=CN4CCN(C)CC4)cn3)c2c1. The highest BCUT2D eigenvalue weighted by Crippen LogP contribution is 2.36. The van der Waals surface area contributed by atoms with Gasteiger partial charge in [0.05, 0.1) is 21.9 Å². The summed E-state index contributed by atoms with van der Waals surface area (Å²) in [6.07, 6.45) is 4.83. The van der Waals surface area contributed by atoms with E-state index in [4.69, 9.17) is 0 Å². The van der Waals surface area contributed by atoms with Gasteiger partial charge in [-0.15, -0.1) is 0 Å². The van der Waals surface area contributed by atoms with E-state index in [9.17, 15) is 18.3 Å². The number of hydrogen-bond acceptors (Lipinski definition) is 8. The average molecular weight is 527 g/mol. The van der Waals surface area contributed by atoms with Gasteiger partial charge in [-0.1, -0.05) is 6.08 Å². The summed E-state index contributed by atoms with van der Waals surface area (Å²) in [6.45, 7) is 4.87. The maximum atomic E-state index is 12.8. The van der Waals surface area contributed by atoms with E-state index in [1.54, 1.807) is 30.3 Å². The van der Waals surface area contributed by atoms with E-state index < -0.39 is 9.84 Å². The zero-order valence-corrected chi connectivity index (χ0v) is 22.3. The van der Waals surface area contributed by atoms with Crippen LogP contribution in [0.5, 0.6) is 5.88 Å². The third kappa shape index (κ3) is 6.48. The molecule has 3 aromatic rings. The first-order valence-corrected chi connectivity index (χ1v) is 13.9. The number of aromatic hydroxyl groups is 1. The van der Waals surface area contributed by atoms with Crippen LogP contribution in [0.1, 0.15) is 10.4 Å². The lowest BCUT2D eigenvalue weighted by Gasteiger charge is -2.31. The van der Waals surface area contributed by atoms with Gasteiger partial charge in [0.25, 0.3) is 5.91 Å². The Morgan fingerprint density at radius 2 is 1.95 bits per heavy atom. The number of amides is 1. The molecule has 198 valence electrons. The Labute approximate surface area is 217 Å². The molecule has 0 aliphatic carbocycles. The second kappa shape index (κ2) is 11.3. The first-order valence-electron chi connectivity index (χ1n) is 12.2. The molecule has 0 atom stereocenters. The van der Waals surface area contributed by atoms with E-state index in [1.165, 1.54) is 12.3 Å². The molecule has 0 unspecified atom stereocenters. The number of H-pyrrole nitrogens is 1. The molecule has 1 aliphatic heterocycles. The monoisotopic (exact) mass is 526 g/mol. The third-order valence-electron chi connectivity index (χ3n) is 6.41. The van der Waals surface area contributed by atoms with Gasteiger partial charge in [-0.25, -0.2) is 8.42 Å². The second-order valence-electron chi connectivity index (χ2n) is 9.55. The molecule has 37 heavy (non-hydrogen) atoms. The molecule has 1 aliphatic rings. The number of nitrogens with one attached hydrogen (secondary N) is 2. The number of aromatic nitrogens is 2. The fourth-order valence-electron chi connectivity index (χ4n) is 4.17. The van der Waals surface area contributed by atoms with Crippen molar-refractivity contribution < 1.29 is 18.3 Å². The Bertz CT molecular complexity index is 1370. The number of sulfone groups is 1. The molecular formula is C26H34N6O4S. The van der Waals surface area contributed by atoms with Crippen LogP contribution in [0.4, 0.5) is 0 Å². The van der Waals surface area contributed by atoms with Crippen molar-refractivity contribution in [2.24, 2.45) is 0 Å². The number of hydrogen-bond donors (Lipinski definition) is 3. The molecule has 0 radical (unpaired) electrons. The molecule has 0 spiro atoms. The normalized spacial score (nSPS) is 15.2. The van der Waals surface area contributed by atoms with E-state index in [0.29, 0.717) is 34.3 Å². The molecule has 11 heteroatoms. The fraction of sp³-hybridized carbons (Fsp3) is 0.385. The number of aromatic amines is 1. The quantitative estimate of drug-likeness (QED) is 0.386. The number of piperazine rings is 1. The fourth-order valence-corrected chi connectivity index (χ4v) is 5.19. The van der Waals surface area contributed by atoms with Crippen LogP contribution in [0.25, 0.3) is 22.2 Å². The summed E-state index contributed by atoms with van der Waals surface area (Å²) >= 11 is 0. The topological polar surface area (TPSA) is 122 Å². The Hall–Kier alpha value is -3.41. The van der Waals surface area contributed by atoms with Crippen LogP contribution in [0.3, 0.4) is 0 Å². The van der Waals surface area contributed by atoms with Gasteiger partial charge in [0.15, 0.2) is 15.7 Å². The van der Waals surface area contributed by atoms with E-state index >= 15 is 0 Å². The number of likely N-dealkylation sites (N-methyl/N-ethyl adjacent to an activating group) is 2. The first kappa shape index (κ1) is 26.6. The molecule has 1 aromatic carbocycles. The highest BCUT2D eigenvalue weighted by atomic mass is 32.2. The van der Waals surface area contributed by atoms with Crippen LogP contribution in [-0.2, 0) is 9.84 Å². The Morgan fingerprint density at radius 1 is 1.19 bits per heavy atom. The molecule has 3 N–H and O–H groups in total. The van der Waals surface area contributed by atoms with Crippen LogP contribution < -0.4 is 5.32 Å². The standard InChI is InChI=1S/C26H34N6O4S/c1-30(2)11-9-27-25(33)19-5-7-22-21(17-19)24(26(34)29-22)23-8-6-20(18-28-23)37(35,36)16-4-10-32-14-12-31(3)13-15-32/h4-8,10,17-18,29,34H,9,11-16H2,1-3H3,(H,27,33). The van der Waals surface area contributed by atoms with Crippen molar-refractivity contribution in [1.29, 1.82) is 0 Å². The lowest BCUT2D eigenvalue weighted by molar-refractivity contribution is 0.0951. The predicted molar refractivity (Wildman–Crippen MR) is 144 cm³/mol. The van der Waals surface area contributed by atoms with Crippen molar-refractivity contribution in [2.75, 3.05) is 66.2 Å². The van der Waals surface area contributed by atoms with Crippen LogP contribution in [-0.4, -0.2) is 110 Å². The highest BCUT2D eigenvalue weighted by molar-refractivity contribution is 7.91. The van der Waals surface area contributed by atoms with Crippen LogP contribution in [0.15, 0.2) is 53.7 Å². The minimum Gasteiger partial charge on any atom is -0.494 e. The largest absolute Gasteiger partial charge is 0.494 e. The van der Waals surface area contributed by atoms with Crippen molar-refractivity contribution in [3.63, 3.8) is 0 Å². The van der Waals surface area contributed by atoms with Crippen molar-refractivity contribution in [3.05, 3.63) is 54.4 Å². The maximum Gasteiger partial charge on any atom is 0.251 e. The third-order valence-corrected chi connectivity index (χ3v) is 8.00. The minimum absolute atomic E-state index is 0.0987. The summed E-state index contributed by atoms with van der Waals surface area (Å²) in [5.41, 5.74) is 1.92. The summed E-state index contributed by atoms with van der Waals surface area (Å²) in [5.74, 6) is -0.432. The zero-order chi connectivity index (χ0) is 26.6. The Morgan fingerprint density at radius 3 is 2.62 bits per heavy atom. The number of nitrogens with zero attached hydrogens (tertiary/aromatic N) is 4. The summed E-state index contributed by atoms with van der Waals surface area (Å²) in [7, 11) is 2.38. The van der Waals surface area contributed by atoms with E-state index in [-0.39, 0.29) is 22.4 Å². The average Bonchev–Trinajstić information content (AvgIpc) is 3.19. The number of rotatable bonds is 9. The van der Waals surface area contributed by atoms with E-state index in [1.807, 2.05) is 25.2 Å². The second-order valence-corrected chi connectivity index (χ2v) is 11.6. The summed E-state index contributed by atoms with van der Waals surface area (Å²) < 4.78 is 25.7. The molecule has 1 saturated heterocycles. The van der Waals surface area contributed by atoms with Gasteiger partial charge in [0.2, 0.25) is 0 Å². The Kier molecular flexibility index (Phi) is 8.16. The van der Waals surface area contributed by atoms with E-state index in [0.717, 1.165) is 32.7 Å². The van der Waals surface area contributed by atoms with Crippen molar-refractivity contribution >= 4 is 26.6 Å². The van der Waals surface area contributed by atoms with Crippen LogP contribution in [0.2, 0.25) is 0 Å². The van der Waals surface area contributed by atoms with Crippen molar-refractivity contribution in [1.82, 2.24) is 30.0 Å². The number of carbonyl (C=O) groups is 1. The molecule has 10 nitrogen and oxygen atoms in total. The predicted octanol–water partition coefficient (Wildman–Crippen LogP) is 1.76. The summed E-state index contributed by atoms with van der Waals surface area (Å²) in [4.78, 5) is 26.3. The van der Waals surface area contributed by atoms with Crippen molar-refractivity contribution in [2.45, 2.75) is 4.90 Å². The maximum absolute atomic E-state index is 12.8. The lowest BCUT2D eigenvalue weighted by Crippen LogP contribution is -2.41. The number of carbonyl (C=O) groups excluding carboxylic acids is 1. The molecule has 0 saturated carbocycles. The molecular weight excluding hydrogens is 492 g/mol. The summed E-state index contributed by atoms with van der Waals surface area (Å²) in [6, 6.07) is 8.18. The molecule has 0 bridgehead atoms. The highest BCUT2D eigenvalue weighted by Gasteiger charge is 2.19. The lowest BCUT2D eigenvalue weighted by atomic mass is 10.1. The van der Waals surface area contributed by atoms with Gasteiger partial charge < -0.3 is 30.1 Å². The first-order chi connectivity index (χ1) is 17.6. The van der Waals surface area contributed by atoms with Gasteiger partial charge in [0.1, 0.15) is 0 Å². The van der Waals surface area contributed by atoms with Crippen LogP contribution >= 0.6 is 0 Å². The number of pyridine rings is 1. The van der Waals surface area contributed by atoms with Crippen molar-refractivity contribution in [3.8, 4) is 17.1 Å². The van der Waals surface area contributed by atoms with Gasteiger partial charge in [0, 0.05) is 61.9 Å². The van der Waals surface area contributed by atoms with Gasteiger partial charge in [-0.05, 0) is 57.7 Å². The molecule has 1 fully saturated rings. The number of benzene rings is 1. The minimum atomic E-state index is -3.56. The molecule has 3 heterocycles.